The number of aryl methyl sites for hydroxylation is 3. The third-order valence-corrected chi connectivity index (χ3v) is 4.90. The number of hydrogen-bond acceptors (Lipinski definition) is 4. The lowest BCUT2D eigenvalue weighted by Gasteiger charge is -2.09. The highest BCUT2D eigenvalue weighted by Gasteiger charge is 2.11. The van der Waals surface area contributed by atoms with Crippen LogP contribution >= 0.6 is 0 Å². The van der Waals surface area contributed by atoms with Crippen molar-refractivity contribution >= 4 is 29.3 Å². The first-order valence-electron chi connectivity index (χ1n) is 10.4. The number of hydrogen-bond donors (Lipinski definition) is 2. The maximum atomic E-state index is 12.6. The average Bonchev–Trinajstić information content (AvgIpc) is 2.80. The molecule has 0 unspecified atom stereocenters. The molecule has 0 aliphatic carbocycles. The number of amides is 2. The van der Waals surface area contributed by atoms with Gasteiger partial charge in [-0.15, -0.1) is 0 Å². The summed E-state index contributed by atoms with van der Waals surface area (Å²) in [5.74, 6) is -0.235. The summed E-state index contributed by atoms with van der Waals surface area (Å²) in [6.45, 7) is 5.67. The fourth-order valence-electron chi connectivity index (χ4n) is 3.02. The van der Waals surface area contributed by atoms with Crippen molar-refractivity contribution in [3.63, 3.8) is 0 Å². The van der Waals surface area contributed by atoms with Crippen LogP contribution in [0.15, 0.2) is 72.3 Å². The quantitative estimate of drug-likeness (QED) is 0.392. The Balaban J connectivity index is 1.59. The van der Waals surface area contributed by atoms with Gasteiger partial charge in [-0.3, -0.25) is 9.59 Å². The van der Waals surface area contributed by atoms with Gasteiger partial charge in [0, 0.05) is 11.4 Å². The summed E-state index contributed by atoms with van der Waals surface area (Å²) in [6, 6.07) is 22.0. The van der Waals surface area contributed by atoms with Crippen LogP contribution in [0.5, 0.6) is 5.75 Å². The number of benzene rings is 3. The first-order chi connectivity index (χ1) is 15.8. The summed E-state index contributed by atoms with van der Waals surface area (Å²) in [6.07, 6.45) is 1.51. The van der Waals surface area contributed by atoms with Crippen molar-refractivity contribution in [2.24, 2.45) is 0 Å². The van der Waals surface area contributed by atoms with E-state index in [0.29, 0.717) is 22.7 Å². The van der Waals surface area contributed by atoms with E-state index in [1.807, 2.05) is 69.3 Å². The molecule has 0 spiro atoms. The van der Waals surface area contributed by atoms with E-state index in [1.165, 1.54) is 6.08 Å². The van der Waals surface area contributed by atoms with Crippen molar-refractivity contribution in [3.8, 4) is 11.8 Å². The molecule has 0 fully saturated rings. The summed E-state index contributed by atoms with van der Waals surface area (Å²) in [4.78, 5) is 24.6. The zero-order valence-corrected chi connectivity index (χ0v) is 18.8. The van der Waals surface area contributed by atoms with Gasteiger partial charge in [-0.05, 0) is 73.9 Å². The number of anilines is 2. The molecule has 2 amide bonds. The van der Waals surface area contributed by atoms with Crippen LogP contribution in [0.1, 0.15) is 22.3 Å². The van der Waals surface area contributed by atoms with E-state index in [1.54, 1.807) is 24.3 Å². The molecule has 0 aromatic heterocycles. The van der Waals surface area contributed by atoms with Gasteiger partial charge in [0.15, 0.2) is 6.61 Å². The van der Waals surface area contributed by atoms with Crippen molar-refractivity contribution < 1.29 is 14.3 Å². The number of ether oxygens (including phenoxy) is 1. The first-order valence-corrected chi connectivity index (χ1v) is 10.4. The van der Waals surface area contributed by atoms with Crippen LogP contribution in [0.3, 0.4) is 0 Å². The summed E-state index contributed by atoms with van der Waals surface area (Å²) >= 11 is 0. The van der Waals surface area contributed by atoms with Crippen molar-refractivity contribution in [1.29, 1.82) is 5.26 Å². The highest BCUT2D eigenvalue weighted by molar-refractivity contribution is 6.10. The van der Waals surface area contributed by atoms with Gasteiger partial charge in [-0.1, -0.05) is 42.0 Å². The average molecular weight is 440 g/mol. The molecule has 0 aliphatic rings. The minimum Gasteiger partial charge on any atom is -0.484 e. The summed E-state index contributed by atoms with van der Waals surface area (Å²) in [5, 5.41) is 15.0. The lowest BCUT2D eigenvalue weighted by Crippen LogP contribution is -2.20. The molecule has 3 aromatic carbocycles. The molecule has 3 aromatic rings. The predicted molar refractivity (Wildman–Crippen MR) is 130 cm³/mol. The number of nitrogens with one attached hydrogen (secondary N) is 2. The van der Waals surface area contributed by atoms with Crippen LogP contribution in [-0.2, 0) is 9.59 Å². The highest BCUT2D eigenvalue weighted by Crippen LogP contribution is 2.19. The summed E-state index contributed by atoms with van der Waals surface area (Å²) < 4.78 is 5.52. The second-order valence-corrected chi connectivity index (χ2v) is 7.71. The van der Waals surface area contributed by atoms with Gasteiger partial charge in [0.05, 0.1) is 0 Å². The number of nitriles is 1. The molecule has 33 heavy (non-hydrogen) atoms. The van der Waals surface area contributed by atoms with Crippen molar-refractivity contribution in [1.82, 2.24) is 0 Å². The lowest BCUT2D eigenvalue weighted by molar-refractivity contribution is -0.118. The molecule has 0 heterocycles. The lowest BCUT2D eigenvalue weighted by atomic mass is 10.1. The SMILES string of the molecule is Cc1ccc(NC(=O)COc2ccc(/C=C(/C#N)C(=O)Nc3cc(C)ccc3C)cc2)cc1. The molecule has 166 valence electrons. The van der Waals surface area contributed by atoms with E-state index >= 15 is 0 Å². The fraction of sp³-hybridized carbons (Fsp3) is 0.148. The second-order valence-electron chi connectivity index (χ2n) is 7.71. The van der Waals surface area contributed by atoms with E-state index < -0.39 is 5.91 Å². The minimum absolute atomic E-state index is 0.0120. The molecule has 0 aliphatic heterocycles. The number of rotatable bonds is 7. The topological polar surface area (TPSA) is 91.2 Å². The van der Waals surface area contributed by atoms with Gasteiger partial charge >= 0.3 is 0 Å². The largest absolute Gasteiger partial charge is 0.484 e. The molecular formula is C27H25N3O3. The smallest absolute Gasteiger partial charge is 0.266 e. The Morgan fingerprint density at radius 3 is 2.24 bits per heavy atom. The van der Waals surface area contributed by atoms with Crippen LogP contribution in [0.4, 0.5) is 11.4 Å². The summed E-state index contributed by atoms with van der Waals surface area (Å²) in [7, 11) is 0. The van der Waals surface area contributed by atoms with Crippen molar-refractivity contribution in [2.45, 2.75) is 20.8 Å². The molecular weight excluding hydrogens is 414 g/mol. The molecule has 3 rings (SSSR count). The van der Waals surface area contributed by atoms with Crippen molar-refractivity contribution in [2.75, 3.05) is 17.2 Å². The minimum atomic E-state index is -0.473. The van der Waals surface area contributed by atoms with Crippen LogP contribution in [0.25, 0.3) is 6.08 Å². The molecule has 0 saturated heterocycles. The number of carbonyl (C=O) groups excluding carboxylic acids is 2. The van der Waals surface area contributed by atoms with Gasteiger partial charge in [-0.2, -0.15) is 5.26 Å². The Labute approximate surface area is 193 Å². The van der Waals surface area contributed by atoms with E-state index in [0.717, 1.165) is 16.7 Å². The Morgan fingerprint density at radius 1 is 0.909 bits per heavy atom. The van der Waals surface area contributed by atoms with Crippen LogP contribution in [0.2, 0.25) is 0 Å². The van der Waals surface area contributed by atoms with Crippen LogP contribution in [0, 0.1) is 32.1 Å². The zero-order chi connectivity index (χ0) is 23.8. The van der Waals surface area contributed by atoms with Gasteiger partial charge in [-0.25, -0.2) is 0 Å². The van der Waals surface area contributed by atoms with E-state index in [4.69, 9.17) is 4.74 Å². The summed E-state index contributed by atoms with van der Waals surface area (Å²) in [5.41, 5.74) is 5.08. The molecule has 6 heteroatoms. The Hall–Kier alpha value is -4.37. The van der Waals surface area contributed by atoms with Crippen LogP contribution < -0.4 is 15.4 Å². The van der Waals surface area contributed by atoms with E-state index in [9.17, 15) is 14.9 Å². The number of nitrogens with zero attached hydrogens (tertiary/aromatic N) is 1. The van der Waals surface area contributed by atoms with Gasteiger partial charge in [0.1, 0.15) is 17.4 Å². The molecule has 0 atom stereocenters. The van der Waals surface area contributed by atoms with Gasteiger partial charge in [0.25, 0.3) is 11.8 Å². The van der Waals surface area contributed by atoms with Gasteiger partial charge in [0.2, 0.25) is 0 Å². The normalized spacial score (nSPS) is 10.8. The van der Waals surface area contributed by atoms with E-state index in [-0.39, 0.29) is 18.1 Å². The zero-order valence-electron chi connectivity index (χ0n) is 18.8. The highest BCUT2D eigenvalue weighted by atomic mass is 16.5. The van der Waals surface area contributed by atoms with E-state index in [2.05, 4.69) is 10.6 Å². The molecule has 0 radical (unpaired) electrons. The third kappa shape index (κ3) is 6.81. The maximum absolute atomic E-state index is 12.6. The first kappa shape index (κ1) is 23.3. The Kier molecular flexibility index (Phi) is 7.61. The maximum Gasteiger partial charge on any atom is 0.266 e. The monoisotopic (exact) mass is 439 g/mol. The molecule has 0 saturated carbocycles. The Bertz CT molecular complexity index is 1220. The second kappa shape index (κ2) is 10.8. The molecule has 0 bridgehead atoms. The van der Waals surface area contributed by atoms with Crippen molar-refractivity contribution in [3.05, 3.63) is 94.6 Å². The number of carbonyl (C=O) groups is 2. The standard InChI is InChI=1S/C27H25N3O3/c1-18-5-10-23(11-6-18)29-26(31)17-33-24-12-8-21(9-13-24)15-22(16-28)27(32)30-25-14-19(2)4-7-20(25)3/h4-15H,17H2,1-3H3,(H,29,31)(H,30,32)/b22-15-. The third-order valence-electron chi connectivity index (χ3n) is 4.90. The molecule has 2 N–H and O–H groups in total. The molecule has 6 nitrogen and oxygen atoms in total. The fourth-order valence-corrected chi connectivity index (χ4v) is 3.02. The Morgan fingerprint density at radius 2 is 1.58 bits per heavy atom. The van der Waals surface area contributed by atoms with Crippen LogP contribution in [-0.4, -0.2) is 18.4 Å². The predicted octanol–water partition coefficient (Wildman–Crippen LogP) is 5.18. The van der Waals surface area contributed by atoms with Gasteiger partial charge < -0.3 is 15.4 Å².